The summed E-state index contributed by atoms with van der Waals surface area (Å²) < 4.78 is 0. The average Bonchev–Trinajstić information content (AvgIpc) is 2.99. The molecule has 3 aromatic rings. The summed E-state index contributed by atoms with van der Waals surface area (Å²) in [4.78, 5) is 23.8. The van der Waals surface area contributed by atoms with Crippen molar-refractivity contribution >= 4 is 11.8 Å². The molecule has 26 heavy (non-hydrogen) atoms. The van der Waals surface area contributed by atoms with Crippen LogP contribution in [0.5, 0.6) is 0 Å². The molecular weight excluding hydrogens is 324 g/mol. The van der Waals surface area contributed by atoms with E-state index in [9.17, 15) is 9.59 Å². The average molecular weight is 342 g/mol. The van der Waals surface area contributed by atoms with Gasteiger partial charge in [-0.2, -0.15) is 0 Å². The molecular formula is C23H18O3. The molecule has 4 rings (SSSR count). The number of fused-ring (bicyclic) bond motifs is 1. The summed E-state index contributed by atoms with van der Waals surface area (Å²) in [6, 6.07) is 22.9. The Morgan fingerprint density at radius 2 is 1.58 bits per heavy atom. The third-order valence-electron chi connectivity index (χ3n) is 5.03. The minimum atomic E-state index is -0.937. The number of Topliss-reactive ketones (excluding diaryl/α,β-unsaturated/α-hetero) is 1. The second kappa shape index (κ2) is 6.60. The molecule has 1 unspecified atom stereocenters. The molecule has 3 nitrogen and oxygen atoms in total. The molecule has 0 amide bonds. The first kappa shape index (κ1) is 16.3. The third-order valence-corrected chi connectivity index (χ3v) is 5.03. The van der Waals surface area contributed by atoms with Gasteiger partial charge in [0.2, 0.25) is 0 Å². The van der Waals surface area contributed by atoms with E-state index in [1.165, 1.54) is 0 Å². The van der Waals surface area contributed by atoms with E-state index < -0.39 is 5.97 Å². The van der Waals surface area contributed by atoms with E-state index in [0.717, 1.165) is 34.2 Å². The van der Waals surface area contributed by atoms with Gasteiger partial charge in [-0.3, -0.25) is 4.79 Å². The number of carbonyl (C=O) groups is 2. The van der Waals surface area contributed by atoms with Crippen LogP contribution in [-0.4, -0.2) is 16.9 Å². The number of rotatable bonds is 4. The standard InChI is InChI=1S/C23H18O3/c24-22-18(13-15-9-11-17(12-10-15)23(25)26)14-21-19(7-4-8-20(21)22)16-5-2-1-3-6-16/h1-12,18H,13-14H2,(H,25,26). The number of carboxylic acids is 1. The molecule has 1 aliphatic rings. The van der Waals surface area contributed by atoms with Gasteiger partial charge in [-0.25, -0.2) is 4.79 Å². The molecule has 1 N–H and O–H groups in total. The van der Waals surface area contributed by atoms with Crippen LogP contribution in [0.1, 0.15) is 31.8 Å². The zero-order valence-corrected chi connectivity index (χ0v) is 14.2. The van der Waals surface area contributed by atoms with Crippen LogP contribution < -0.4 is 0 Å². The van der Waals surface area contributed by atoms with Gasteiger partial charge in [0.1, 0.15) is 0 Å². The van der Waals surface area contributed by atoms with Gasteiger partial charge in [-0.05, 0) is 47.2 Å². The van der Waals surface area contributed by atoms with Gasteiger partial charge < -0.3 is 5.11 Å². The maximum atomic E-state index is 12.9. The minimum absolute atomic E-state index is 0.0921. The Morgan fingerprint density at radius 1 is 0.885 bits per heavy atom. The normalized spacial score (nSPS) is 15.7. The van der Waals surface area contributed by atoms with Crippen LogP contribution in [0, 0.1) is 5.92 Å². The van der Waals surface area contributed by atoms with Crippen LogP contribution >= 0.6 is 0 Å². The highest BCUT2D eigenvalue weighted by molar-refractivity contribution is 6.04. The molecule has 0 bridgehead atoms. The molecule has 1 atom stereocenters. The predicted octanol–water partition coefficient (Wildman–Crippen LogP) is 4.65. The van der Waals surface area contributed by atoms with E-state index in [1.807, 2.05) is 30.3 Å². The fourth-order valence-corrected chi connectivity index (χ4v) is 3.72. The molecule has 0 aromatic heterocycles. The molecule has 0 saturated carbocycles. The minimum Gasteiger partial charge on any atom is -0.478 e. The first-order valence-corrected chi connectivity index (χ1v) is 8.67. The highest BCUT2D eigenvalue weighted by atomic mass is 16.4. The lowest BCUT2D eigenvalue weighted by Crippen LogP contribution is -2.12. The lowest BCUT2D eigenvalue weighted by molar-refractivity contribution is 0.0696. The van der Waals surface area contributed by atoms with Crippen molar-refractivity contribution in [3.8, 4) is 11.1 Å². The van der Waals surface area contributed by atoms with Gasteiger partial charge in [-0.15, -0.1) is 0 Å². The molecule has 128 valence electrons. The van der Waals surface area contributed by atoms with Crippen molar-refractivity contribution in [3.05, 3.63) is 95.1 Å². The van der Waals surface area contributed by atoms with Gasteiger partial charge >= 0.3 is 5.97 Å². The fraction of sp³-hybridized carbons (Fsp3) is 0.130. The molecule has 3 aromatic carbocycles. The number of carboxylic acid groups (broad SMARTS) is 1. The Kier molecular flexibility index (Phi) is 4.13. The van der Waals surface area contributed by atoms with E-state index in [4.69, 9.17) is 5.11 Å². The van der Waals surface area contributed by atoms with Crippen LogP contribution in [0.3, 0.4) is 0 Å². The number of carbonyl (C=O) groups excluding carboxylic acids is 1. The maximum absolute atomic E-state index is 12.9. The molecule has 0 fully saturated rings. The summed E-state index contributed by atoms with van der Waals surface area (Å²) in [5.74, 6) is -0.848. The molecule has 0 saturated heterocycles. The van der Waals surface area contributed by atoms with Crippen LogP contribution in [0.25, 0.3) is 11.1 Å². The number of aromatic carboxylic acids is 1. The van der Waals surface area contributed by atoms with E-state index in [0.29, 0.717) is 6.42 Å². The Morgan fingerprint density at radius 3 is 2.27 bits per heavy atom. The molecule has 0 heterocycles. The topological polar surface area (TPSA) is 54.4 Å². The lowest BCUT2D eigenvalue weighted by atomic mass is 9.94. The van der Waals surface area contributed by atoms with Crippen molar-refractivity contribution in [2.24, 2.45) is 5.92 Å². The van der Waals surface area contributed by atoms with Crippen LogP contribution in [0.2, 0.25) is 0 Å². The largest absolute Gasteiger partial charge is 0.478 e. The zero-order valence-electron chi connectivity index (χ0n) is 14.2. The van der Waals surface area contributed by atoms with Crippen molar-refractivity contribution in [2.45, 2.75) is 12.8 Å². The first-order chi connectivity index (χ1) is 12.6. The van der Waals surface area contributed by atoms with Crippen LogP contribution in [0.15, 0.2) is 72.8 Å². The van der Waals surface area contributed by atoms with Gasteiger partial charge in [0.05, 0.1) is 5.56 Å². The van der Waals surface area contributed by atoms with Crippen molar-refractivity contribution < 1.29 is 14.7 Å². The fourth-order valence-electron chi connectivity index (χ4n) is 3.72. The van der Waals surface area contributed by atoms with Gasteiger partial charge in [0, 0.05) is 11.5 Å². The van der Waals surface area contributed by atoms with Crippen molar-refractivity contribution in [2.75, 3.05) is 0 Å². The van der Waals surface area contributed by atoms with Gasteiger partial charge in [0.25, 0.3) is 0 Å². The highest BCUT2D eigenvalue weighted by Gasteiger charge is 2.32. The van der Waals surface area contributed by atoms with Crippen molar-refractivity contribution in [1.29, 1.82) is 0 Å². The molecule has 0 radical (unpaired) electrons. The maximum Gasteiger partial charge on any atom is 0.335 e. The Bertz CT molecular complexity index is 972. The summed E-state index contributed by atoms with van der Waals surface area (Å²) in [6.45, 7) is 0. The molecule has 1 aliphatic carbocycles. The first-order valence-electron chi connectivity index (χ1n) is 8.67. The number of benzene rings is 3. The lowest BCUT2D eigenvalue weighted by Gasteiger charge is -2.09. The van der Waals surface area contributed by atoms with E-state index in [1.54, 1.807) is 24.3 Å². The number of ketones is 1. The summed E-state index contributed by atoms with van der Waals surface area (Å²) in [7, 11) is 0. The molecule has 0 aliphatic heterocycles. The molecule has 3 heteroatoms. The second-order valence-electron chi connectivity index (χ2n) is 6.67. The van der Waals surface area contributed by atoms with Crippen molar-refractivity contribution in [1.82, 2.24) is 0 Å². The van der Waals surface area contributed by atoms with E-state index in [2.05, 4.69) is 18.2 Å². The van der Waals surface area contributed by atoms with Gasteiger partial charge in [0.15, 0.2) is 5.78 Å². The quantitative estimate of drug-likeness (QED) is 0.751. The molecule has 0 spiro atoms. The van der Waals surface area contributed by atoms with Crippen LogP contribution in [0.4, 0.5) is 0 Å². The van der Waals surface area contributed by atoms with Crippen LogP contribution in [-0.2, 0) is 12.8 Å². The predicted molar refractivity (Wildman–Crippen MR) is 101 cm³/mol. The van der Waals surface area contributed by atoms with E-state index >= 15 is 0 Å². The second-order valence-corrected chi connectivity index (χ2v) is 6.67. The smallest absolute Gasteiger partial charge is 0.335 e. The summed E-state index contributed by atoms with van der Waals surface area (Å²) in [6.07, 6.45) is 1.35. The summed E-state index contributed by atoms with van der Waals surface area (Å²) in [5.41, 5.74) is 5.45. The SMILES string of the molecule is O=C(O)c1ccc(CC2Cc3c(cccc3-c3ccccc3)C2=O)cc1. The monoisotopic (exact) mass is 342 g/mol. The Hall–Kier alpha value is -3.20. The third kappa shape index (κ3) is 2.92. The number of hydrogen-bond acceptors (Lipinski definition) is 2. The zero-order chi connectivity index (χ0) is 18.1. The van der Waals surface area contributed by atoms with Gasteiger partial charge in [-0.1, -0.05) is 60.7 Å². The summed E-state index contributed by atoms with van der Waals surface area (Å²) in [5, 5.41) is 9.00. The summed E-state index contributed by atoms with van der Waals surface area (Å²) >= 11 is 0. The Balaban J connectivity index is 1.61. The Labute approximate surface area is 151 Å². The number of hydrogen-bond donors (Lipinski definition) is 1. The highest BCUT2D eigenvalue weighted by Crippen LogP contribution is 2.36. The van der Waals surface area contributed by atoms with Crippen molar-refractivity contribution in [3.63, 3.8) is 0 Å². The van der Waals surface area contributed by atoms with E-state index in [-0.39, 0.29) is 17.3 Å².